The minimum absolute atomic E-state index is 0.330. The summed E-state index contributed by atoms with van der Waals surface area (Å²) in [7, 11) is 0. The summed E-state index contributed by atoms with van der Waals surface area (Å²) in [4.78, 5) is 10.5. The van der Waals surface area contributed by atoms with E-state index in [1.165, 1.54) is 49.7 Å². The average molecular weight is 415 g/mol. The first-order valence-electron chi connectivity index (χ1n) is 12.3. The van der Waals surface area contributed by atoms with Crippen molar-refractivity contribution in [3.8, 4) is 0 Å². The van der Waals surface area contributed by atoms with E-state index in [9.17, 15) is 5.11 Å². The van der Waals surface area contributed by atoms with Crippen molar-refractivity contribution in [2.75, 3.05) is 0 Å². The van der Waals surface area contributed by atoms with E-state index in [0.717, 1.165) is 49.9 Å². The van der Waals surface area contributed by atoms with Crippen LogP contribution < -0.4 is 0 Å². The molecule has 3 saturated carbocycles. The highest BCUT2D eigenvalue weighted by Gasteiger charge is 2.52. The summed E-state index contributed by atoms with van der Waals surface area (Å²) in [6, 6.07) is 0. The molecule has 0 amide bonds. The van der Waals surface area contributed by atoms with Crippen LogP contribution in [0.4, 0.5) is 0 Å². The Kier molecular flexibility index (Phi) is 6.11. The molecule has 1 heterocycles. The van der Waals surface area contributed by atoms with Crippen molar-refractivity contribution in [1.29, 1.82) is 0 Å². The molecule has 1 spiro atoms. The number of hydrogen-bond acceptors (Lipinski definition) is 3. The van der Waals surface area contributed by atoms with Crippen LogP contribution in [0.25, 0.3) is 0 Å². The first-order chi connectivity index (χ1) is 14.1. The third kappa shape index (κ3) is 4.64. The van der Waals surface area contributed by atoms with Crippen molar-refractivity contribution in [2.45, 2.75) is 110 Å². The molecule has 0 aromatic rings. The predicted molar refractivity (Wildman–Crippen MR) is 122 cm³/mol. The summed E-state index contributed by atoms with van der Waals surface area (Å²) in [6.45, 7) is 13.2. The maximum atomic E-state index is 10.1. The van der Waals surface area contributed by atoms with Gasteiger partial charge in [0.05, 0.1) is 5.60 Å². The molecule has 30 heavy (non-hydrogen) atoms. The number of aliphatic hydroxyl groups is 1. The van der Waals surface area contributed by atoms with Crippen LogP contribution in [0, 0.1) is 23.2 Å². The molecule has 4 atom stereocenters. The van der Waals surface area contributed by atoms with Gasteiger partial charge in [-0.3, -0.25) is 0 Å². The topological polar surface area (TPSA) is 45.3 Å². The maximum Gasteiger partial charge on any atom is 0.238 e. The molecule has 0 aromatic heterocycles. The normalized spacial score (nSPS) is 37.0. The Bertz CT molecular complexity index is 721. The minimum atomic E-state index is -0.533. The van der Waals surface area contributed by atoms with Crippen LogP contribution in [0.15, 0.2) is 35.5 Å². The number of rotatable bonds is 6. The second-order valence-corrected chi connectivity index (χ2v) is 11.6. The van der Waals surface area contributed by atoms with Crippen LogP contribution in [0.5, 0.6) is 0 Å². The molecule has 1 unspecified atom stereocenters. The molecule has 4 rings (SSSR count). The van der Waals surface area contributed by atoms with Crippen LogP contribution >= 0.6 is 0 Å². The Morgan fingerprint density at radius 3 is 2.67 bits per heavy atom. The van der Waals surface area contributed by atoms with Crippen molar-refractivity contribution < 1.29 is 14.9 Å². The van der Waals surface area contributed by atoms with Gasteiger partial charge in [-0.25, -0.2) is 0 Å². The van der Waals surface area contributed by atoms with Gasteiger partial charge in [0.25, 0.3) is 0 Å². The van der Waals surface area contributed by atoms with Crippen LogP contribution in [-0.2, 0) is 9.78 Å². The Morgan fingerprint density at radius 1 is 1.20 bits per heavy atom. The monoisotopic (exact) mass is 414 g/mol. The summed E-state index contributed by atoms with van der Waals surface area (Å²) in [5, 5.41) is 10.1. The molecule has 0 aromatic carbocycles. The zero-order chi connectivity index (χ0) is 21.6. The lowest BCUT2D eigenvalue weighted by Crippen LogP contribution is -2.36. The average Bonchev–Trinajstić information content (AvgIpc) is 3.32. The van der Waals surface area contributed by atoms with Gasteiger partial charge in [0.15, 0.2) is 0 Å². The Labute approximate surface area is 183 Å². The van der Waals surface area contributed by atoms with Gasteiger partial charge in [-0.2, -0.15) is 9.78 Å². The minimum Gasteiger partial charge on any atom is -0.390 e. The summed E-state index contributed by atoms with van der Waals surface area (Å²) in [5.74, 6) is 1.94. The molecule has 4 fully saturated rings. The Balaban J connectivity index is 1.44. The van der Waals surface area contributed by atoms with E-state index in [1.807, 2.05) is 13.8 Å². The highest BCUT2D eigenvalue weighted by molar-refractivity contribution is 5.37. The number of fused-ring (bicyclic) bond motifs is 1. The SMILES string of the molecule is C=C1CCC2(C/C1=C/C=C1CCC[C@@]3(C)C1CC[C@@H]3[C@H](C)CCCC(C)(C)O)OO2. The van der Waals surface area contributed by atoms with E-state index >= 15 is 0 Å². The molecular formula is C27H42O3. The van der Waals surface area contributed by atoms with E-state index in [1.54, 1.807) is 5.57 Å². The van der Waals surface area contributed by atoms with Gasteiger partial charge in [0.2, 0.25) is 5.79 Å². The van der Waals surface area contributed by atoms with Crippen LogP contribution in [-0.4, -0.2) is 16.5 Å². The van der Waals surface area contributed by atoms with E-state index in [4.69, 9.17) is 9.78 Å². The maximum absolute atomic E-state index is 10.1. The van der Waals surface area contributed by atoms with Gasteiger partial charge >= 0.3 is 0 Å². The van der Waals surface area contributed by atoms with Gasteiger partial charge in [0, 0.05) is 12.8 Å². The zero-order valence-corrected chi connectivity index (χ0v) is 19.6. The summed E-state index contributed by atoms with van der Waals surface area (Å²) < 4.78 is 0. The standard InChI is InChI=1S/C27H42O3/c1-19-14-17-27(29-30-27)18-22(19)11-10-21-9-7-16-26(5)23(12-13-24(21)26)20(2)8-6-15-25(3,4)28/h10-11,20,23-24,28H,1,6-9,12-18H2,2-5H3/b21-10?,22-11-/t20-,23-,24?,26-/m1/s1. The summed E-state index contributed by atoms with van der Waals surface area (Å²) in [5.41, 5.74) is 4.12. The second-order valence-electron chi connectivity index (χ2n) is 11.6. The van der Waals surface area contributed by atoms with E-state index in [0.29, 0.717) is 5.41 Å². The van der Waals surface area contributed by atoms with Crippen LogP contribution in [0.3, 0.4) is 0 Å². The highest BCUT2D eigenvalue weighted by Crippen LogP contribution is 2.60. The zero-order valence-electron chi connectivity index (χ0n) is 19.6. The van der Waals surface area contributed by atoms with Gasteiger partial charge in [0.1, 0.15) is 0 Å². The van der Waals surface area contributed by atoms with Crippen molar-refractivity contribution in [3.05, 3.63) is 35.5 Å². The molecule has 0 radical (unpaired) electrons. The molecule has 1 aliphatic heterocycles. The number of hydrogen-bond donors (Lipinski definition) is 1. The fraction of sp³-hybridized carbons (Fsp3) is 0.778. The fourth-order valence-corrected chi connectivity index (χ4v) is 6.86. The van der Waals surface area contributed by atoms with E-state index in [2.05, 4.69) is 32.6 Å². The molecule has 1 saturated heterocycles. The van der Waals surface area contributed by atoms with Crippen molar-refractivity contribution in [1.82, 2.24) is 0 Å². The lowest BCUT2D eigenvalue weighted by atomic mass is 9.60. The third-order valence-corrected chi connectivity index (χ3v) is 8.71. The quantitative estimate of drug-likeness (QED) is 0.375. The molecule has 168 valence electrons. The number of allylic oxidation sites excluding steroid dienone is 4. The first-order valence-corrected chi connectivity index (χ1v) is 12.3. The molecule has 1 N–H and O–H groups in total. The van der Waals surface area contributed by atoms with Crippen molar-refractivity contribution in [2.24, 2.45) is 23.2 Å². The van der Waals surface area contributed by atoms with Crippen molar-refractivity contribution >= 4 is 0 Å². The second kappa shape index (κ2) is 8.22. The molecule has 3 nitrogen and oxygen atoms in total. The van der Waals surface area contributed by atoms with Crippen LogP contribution in [0.2, 0.25) is 0 Å². The van der Waals surface area contributed by atoms with E-state index in [-0.39, 0.29) is 5.79 Å². The van der Waals surface area contributed by atoms with Crippen molar-refractivity contribution in [3.63, 3.8) is 0 Å². The highest BCUT2D eigenvalue weighted by atomic mass is 17.4. The largest absolute Gasteiger partial charge is 0.390 e. The van der Waals surface area contributed by atoms with Gasteiger partial charge in [-0.15, -0.1) is 0 Å². The molecule has 4 aliphatic rings. The van der Waals surface area contributed by atoms with E-state index < -0.39 is 5.60 Å². The summed E-state index contributed by atoms with van der Waals surface area (Å²) in [6.07, 6.45) is 17.4. The molecular weight excluding hydrogens is 372 g/mol. The lowest BCUT2D eigenvalue weighted by molar-refractivity contribution is 0.0597. The smallest absolute Gasteiger partial charge is 0.238 e. The Hall–Kier alpha value is -0.900. The predicted octanol–water partition coefficient (Wildman–Crippen LogP) is 7.03. The third-order valence-electron chi connectivity index (χ3n) is 8.71. The van der Waals surface area contributed by atoms with Crippen LogP contribution in [0.1, 0.15) is 98.3 Å². The lowest BCUT2D eigenvalue weighted by Gasteiger charge is -2.44. The first kappa shape index (κ1) is 22.3. The Morgan fingerprint density at radius 2 is 1.97 bits per heavy atom. The fourth-order valence-electron chi connectivity index (χ4n) is 6.86. The molecule has 3 aliphatic carbocycles. The molecule has 0 bridgehead atoms. The summed E-state index contributed by atoms with van der Waals surface area (Å²) >= 11 is 0. The van der Waals surface area contributed by atoms with Gasteiger partial charge in [-0.1, -0.05) is 56.6 Å². The molecule has 3 heteroatoms. The van der Waals surface area contributed by atoms with Gasteiger partial charge in [-0.05, 0) is 87.5 Å². The van der Waals surface area contributed by atoms with Gasteiger partial charge < -0.3 is 5.11 Å².